The predicted molar refractivity (Wildman–Crippen MR) is 90.2 cm³/mol. The van der Waals surface area contributed by atoms with Gasteiger partial charge in [0.2, 0.25) is 0 Å². The maximum Gasteiger partial charge on any atom is 0.189 e. The molecule has 1 aromatic rings. The lowest BCUT2D eigenvalue weighted by atomic mass is 9.85. The van der Waals surface area contributed by atoms with Gasteiger partial charge in [-0.1, -0.05) is 6.42 Å². The van der Waals surface area contributed by atoms with Crippen LogP contribution in [0.3, 0.4) is 0 Å². The van der Waals surface area contributed by atoms with Gasteiger partial charge in [-0.15, -0.1) is 35.3 Å². The van der Waals surface area contributed by atoms with Crippen LogP contribution < -0.4 is 11.1 Å². The van der Waals surface area contributed by atoms with Gasteiger partial charge in [-0.3, -0.25) is 0 Å². The smallest absolute Gasteiger partial charge is 0.189 e. The highest BCUT2D eigenvalue weighted by Gasteiger charge is 2.25. The van der Waals surface area contributed by atoms with E-state index in [9.17, 15) is 0 Å². The number of aliphatic imine (C=N–C) groups is 1. The molecule has 6 heteroatoms. The highest BCUT2D eigenvalue weighted by atomic mass is 127. The molecular weight excluding hydrogens is 371 g/mol. The number of aromatic nitrogens is 1. The van der Waals surface area contributed by atoms with Crippen LogP contribution >= 0.6 is 35.3 Å². The van der Waals surface area contributed by atoms with Crippen molar-refractivity contribution in [3.05, 3.63) is 16.1 Å². The number of hydrogen-bond acceptors (Lipinski definition) is 3. The Labute approximate surface area is 135 Å². The molecule has 106 valence electrons. The molecular formula is C13H21IN4S. The molecule has 2 saturated carbocycles. The molecule has 1 aromatic heterocycles. The number of hydrogen-bond donors (Lipinski definition) is 2. The molecule has 0 bridgehead atoms. The molecule has 0 atom stereocenters. The highest BCUT2D eigenvalue weighted by Crippen LogP contribution is 2.40. The van der Waals surface area contributed by atoms with Gasteiger partial charge in [-0.05, 0) is 31.6 Å². The number of thiazole rings is 1. The van der Waals surface area contributed by atoms with Gasteiger partial charge in [-0.25, -0.2) is 9.98 Å². The average molecular weight is 392 g/mol. The van der Waals surface area contributed by atoms with E-state index in [2.05, 4.69) is 20.7 Å². The standard InChI is InChI=1S/C13H20N4S.HI/c14-13(15-6-9-2-1-3-9)16-7-12-17-11(8-18-12)10-4-5-10;/h8-10H,1-7H2,(H3,14,15,16);1H. The van der Waals surface area contributed by atoms with Crippen molar-refractivity contribution in [3.8, 4) is 0 Å². The summed E-state index contributed by atoms with van der Waals surface area (Å²) in [6.45, 7) is 1.58. The Balaban J connectivity index is 0.00000133. The number of halogens is 1. The molecule has 0 amide bonds. The first-order valence-corrected chi connectivity index (χ1v) is 7.67. The minimum Gasteiger partial charge on any atom is -0.370 e. The summed E-state index contributed by atoms with van der Waals surface area (Å²) in [5.41, 5.74) is 7.10. The van der Waals surface area contributed by atoms with Crippen molar-refractivity contribution in [1.82, 2.24) is 10.3 Å². The van der Waals surface area contributed by atoms with Crippen LogP contribution in [0, 0.1) is 5.92 Å². The molecule has 2 fully saturated rings. The van der Waals surface area contributed by atoms with Crippen molar-refractivity contribution in [1.29, 1.82) is 0 Å². The summed E-state index contributed by atoms with van der Waals surface area (Å²) in [6.07, 6.45) is 6.64. The van der Waals surface area contributed by atoms with E-state index in [1.165, 1.54) is 37.8 Å². The lowest BCUT2D eigenvalue weighted by molar-refractivity contribution is 0.315. The van der Waals surface area contributed by atoms with Crippen molar-refractivity contribution in [2.75, 3.05) is 6.54 Å². The molecule has 4 nitrogen and oxygen atoms in total. The second kappa shape index (κ2) is 6.88. The fourth-order valence-corrected chi connectivity index (χ4v) is 2.92. The Morgan fingerprint density at radius 3 is 2.84 bits per heavy atom. The molecule has 0 aromatic carbocycles. The van der Waals surface area contributed by atoms with Gasteiger partial charge in [-0.2, -0.15) is 0 Å². The van der Waals surface area contributed by atoms with Crippen LogP contribution in [0.4, 0.5) is 0 Å². The second-order valence-electron chi connectivity index (χ2n) is 5.32. The summed E-state index contributed by atoms with van der Waals surface area (Å²) in [7, 11) is 0. The number of nitrogens with one attached hydrogen (secondary N) is 1. The quantitative estimate of drug-likeness (QED) is 0.460. The van der Waals surface area contributed by atoms with Crippen LogP contribution in [-0.4, -0.2) is 17.5 Å². The van der Waals surface area contributed by atoms with Crippen molar-refractivity contribution in [3.63, 3.8) is 0 Å². The topological polar surface area (TPSA) is 63.3 Å². The van der Waals surface area contributed by atoms with Crippen LogP contribution in [0.15, 0.2) is 10.4 Å². The molecule has 19 heavy (non-hydrogen) atoms. The molecule has 3 N–H and O–H groups in total. The van der Waals surface area contributed by atoms with E-state index in [4.69, 9.17) is 5.73 Å². The molecule has 0 aliphatic heterocycles. The zero-order chi connectivity index (χ0) is 12.4. The van der Waals surface area contributed by atoms with Gasteiger partial charge in [0.05, 0.1) is 12.2 Å². The molecule has 2 aliphatic carbocycles. The third-order valence-corrected chi connectivity index (χ3v) is 4.60. The van der Waals surface area contributed by atoms with Crippen LogP contribution in [0.25, 0.3) is 0 Å². The molecule has 0 saturated heterocycles. The molecule has 2 aliphatic rings. The summed E-state index contributed by atoms with van der Waals surface area (Å²) in [4.78, 5) is 8.94. The van der Waals surface area contributed by atoms with E-state index in [-0.39, 0.29) is 24.0 Å². The monoisotopic (exact) mass is 392 g/mol. The maximum atomic E-state index is 5.84. The van der Waals surface area contributed by atoms with E-state index in [0.717, 1.165) is 23.4 Å². The first kappa shape index (κ1) is 15.0. The molecule has 0 unspecified atom stereocenters. The van der Waals surface area contributed by atoms with Crippen molar-refractivity contribution >= 4 is 41.3 Å². The van der Waals surface area contributed by atoms with E-state index in [0.29, 0.717) is 12.5 Å². The largest absolute Gasteiger partial charge is 0.370 e. The van der Waals surface area contributed by atoms with E-state index < -0.39 is 0 Å². The maximum absolute atomic E-state index is 5.84. The number of nitrogens with zero attached hydrogens (tertiary/aromatic N) is 2. The zero-order valence-electron chi connectivity index (χ0n) is 11.0. The minimum atomic E-state index is 0. The van der Waals surface area contributed by atoms with Crippen LogP contribution in [-0.2, 0) is 6.54 Å². The molecule has 0 radical (unpaired) electrons. The van der Waals surface area contributed by atoms with Crippen molar-refractivity contribution in [2.45, 2.75) is 44.6 Å². The Morgan fingerprint density at radius 2 is 2.21 bits per heavy atom. The van der Waals surface area contributed by atoms with Crippen LogP contribution in [0.1, 0.15) is 48.7 Å². The van der Waals surface area contributed by atoms with Gasteiger partial charge in [0.1, 0.15) is 5.01 Å². The second-order valence-corrected chi connectivity index (χ2v) is 6.26. The molecule has 0 spiro atoms. The zero-order valence-corrected chi connectivity index (χ0v) is 14.1. The Bertz CT molecular complexity index is 438. The molecule has 3 rings (SSSR count). The lowest BCUT2D eigenvalue weighted by Gasteiger charge is -2.25. The average Bonchev–Trinajstić information content (AvgIpc) is 3.04. The van der Waals surface area contributed by atoms with E-state index in [1.807, 2.05) is 0 Å². The van der Waals surface area contributed by atoms with Crippen LogP contribution in [0.2, 0.25) is 0 Å². The lowest BCUT2D eigenvalue weighted by Crippen LogP contribution is -2.37. The first-order chi connectivity index (χ1) is 8.81. The first-order valence-electron chi connectivity index (χ1n) is 6.79. The number of rotatable bonds is 5. The van der Waals surface area contributed by atoms with Crippen LogP contribution in [0.5, 0.6) is 0 Å². The highest BCUT2D eigenvalue weighted by molar-refractivity contribution is 14.0. The van der Waals surface area contributed by atoms with Crippen molar-refractivity contribution in [2.24, 2.45) is 16.6 Å². The van der Waals surface area contributed by atoms with Gasteiger partial charge in [0.15, 0.2) is 5.96 Å². The number of guanidine groups is 1. The van der Waals surface area contributed by atoms with E-state index in [1.54, 1.807) is 11.3 Å². The summed E-state index contributed by atoms with van der Waals surface area (Å²) in [5, 5.41) is 6.44. The Morgan fingerprint density at radius 1 is 1.42 bits per heavy atom. The number of nitrogens with two attached hydrogens (primary N) is 1. The molecule has 1 heterocycles. The van der Waals surface area contributed by atoms with Gasteiger partial charge in [0.25, 0.3) is 0 Å². The summed E-state index contributed by atoms with van der Waals surface area (Å²) >= 11 is 1.70. The Hall–Kier alpha value is -0.370. The predicted octanol–water partition coefficient (Wildman–Crippen LogP) is 2.84. The third-order valence-electron chi connectivity index (χ3n) is 3.75. The third kappa shape index (κ3) is 4.30. The fraction of sp³-hybridized carbons (Fsp3) is 0.692. The van der Waals surface area contributed by atoms with Gasteiger partial charge >= 0.3 is 0 Å². The summed E-state index contributed by atoms with van der Waals surface area (Å²) in [6, 6.07) is 0. The Kier molecular flexibility index (Phi) is 5.44. The van der Waals surface area contributed by atoms with E-state index >= 15 is 0 Å². The normalized spacial score (nSPS) is 19.7. The van der Waals surface area contributed by atoms with Crippen molar-refractivity contribution < 1.29 is 0 Å². The van der Waals surface area contributed by atoms with Gasteiger partial charge in [0, 0.05) is 17.8 Å². The summed E-state index contributed by atoms with van der Waals surface area (Å²) < 4.78 is 0. The summed E-state index contributed by atoms with van der Waals surface area (Å²) in [5.74, 6) is 2.10. The van der Waals surface area contributed by atoms with Gasteiger partial charge < -0.3 is 11.1 Å². The minimum absolute atomic E-state index is 0. The fourth-order valence-electron chi connectivity index (χ4n) is 2.12. The SMILES string of the molecule is I.NC(=NCc1nc(C2CC2)cs1)NCC1CCC1.